The van der Waals surface area contributed by atoms with Gasteiger partial charge in [0.05, 0.1) is 17.8 Å². The van der Waals surface area contributed by atoms with E-state index in [1.165, 1.54) is 12.1 Å². The first kappa shape index (κ1) is 16.1. The number of fused-ring (bicyclic) bond motifs is 1. The van der Waals surface area contributed by atoms with E-state index in [1.54, 1.807) is 24.3 Å². The predicted octanol–water partition coefficient (Wildman–Crippen LogP) is 2.83. The molecular weight excluding hydrogens is 311 g/mol. The number of benzene rings is 1. The number of nitrogens with two attached hydrogens (primary N) is 1. The Morgan fingerprint density at radius 1 is 1.08 bits per heavy atom. The molecule has 0 unspecified atom stereocenters. The largest absolute Gasteiger partial charge is 0.474 e. The van der Waals surface area contributed by atoms with Crippen molar-refractivity contribution in [3.63, 3.8) is 0 Å². The zero-order chi connectivity index (χ0) is 16.9. The molecule has 0 aliphatic rings. The summed E-state index contributed by atoms with van der Waals surface area (Å²) >= 11 is 0. The second kappa shape index (κ2) is 7.18. The van der Waals surface area contributed by atoms with E-state index < -0.39 is 0 Å². The van der Waals surface area contributed by atoms with Crippen molar-refractivity contribution in [2.45, 2.75) is 6.92 Å². The maximum Gasteiger partial charge on any atom is 0.245 e. The molecule has 0 saturated heterocycles. The lowest BCUT2D eigenvalue weighted by Crippen LogP contribution is -2.09. The fourth-order valence-electron chi connectivity index (χ4n) is 2.26. The van der Waals surface area contributed by atoms with Crippen LogP contribution in [0.4, 0.5) is 10.3 Å². The van der Waals surface area contributed by atoms with Crippen LogP contribution >= 0.6 is 0 Å². The van der Waals surface area contributed by atoms with Gasteiger partial charge in [-0.3, -0.25) is 0 Å². The van der Waals surface area contributed by atoms with E-state index in [0.29, 0.717) is 42.1 Å². The van der Waals surface area contributed by atoms with E-state index in [-0.39, 0.29) is 17.6 Å². The molecule has 0 aliphatic heterocycles. The van der Waals surface area contributed by atoms with Crippen LogP contribution in [0.1, 0.15) is 6.92 Å². The molecule has 6 nitrogen and oxygen atoms in total. The number of hydrogen-bond donors (Lipinski definition) is 1. The topological polar surface area (TPSA) is 83.2 Å². The van der Waals surface area contributed by atoms with Gasteiger partial charge in [0, 0.05) is 12.2 Å². The molecule has 3 aromatic rings. The van der Waals surface area contributed by atoms with Crippen molar-refractivity contribution < 1.29 is 13.9 Å². The van der Waals surface area contributed by atoms with Crippen LogP contribution in [-0.2, 0) is 4.74 Å². The zero-order valence-electron chi connectivity index (χ0n) is 13.2. The van der Waals surface area contributed by atoms with Crippen LogP contribution in [-0.4, -0.2) is 34.8 Å². The first-order valence-corrected chi connectivity index (χ1v) is 7.58. The zero-order valence-corrected chi connectivity index (χ0v) is 13.2. The van der Waals surface area contributed by atoms with Gasteiger partial charge in [0.1, 0.15) is 12.4 Å². The Kier molecular flexibility index (Phi) is 4.81. The molecule has 1 aromatic carbocycles. The van der Waals surface area contributed by atoms with Crippen molar-refractivity contribution in [3.05, 3.63) is 42.2 Å². The van der Waals surface area contributed by atoms with Gasteiger partial charge < -0.3 is 15.2 Å². The lowest BCUT2D eigenvalue weighted by Gasteiger charge is -2.09. The summed E-state index contributed by atoms with van der Waals surface area (Å²) in [7, 11) is 0. The SMILES string of the molecule is CCOCCOc1nc(N)nc2ccc(-c3cccc(F)c3)nc12. The number of anilines is 1. The van der Waals surface area contributed by atoms with Crippen molar-refractivity contribution in [2.75, 3.05) is 25.6 Å². The van der Waals surface area contributed by atoms with E-state index in [9.17, 15) is 4.39 Å². The van der Waals surface area contributed by atoms with Gasteiger partial charge in [-0.15, -0.1) is 0 Å². The van der Waals surface area contributed by atoms with Gasteiger partial charge in [-0.25, -0.2) is 14.4 Å². The number of pyridine rings is 1. The predicted molar refractivity (Wildman–Crippen MR) is 89.1 cm³/mol. The first-order chi connectivity index (χ1) is 11.7. The third-order valence-corrected chi connectivity index (χ3v) is 3.32. The summed E-state index contributed by atoms with van der Waals surface area (Å²) in [6.45, 7) is 3.28. The van der Waals surface area contributed by atoms with E-state index in [0.717, 1.165) is 0 Å². The molecule has 0 saturated carbocycles. The second-order valence-electron chi connectivity index (χ2n) is 5.01. The highest BCUT2D eigenvalue weighted by atomic mass is 19.1. The molecule has 0 amide bonds. The van der Waals surface area contributed by atoms with Crippen LogP contribution in [0.5, 0.6) is 5.88 Å². The average molecular weight is 328 g/mol. The van der Waals surface area contributed by atoms with Crippen LogP contribution in [0.3, 0.4) is 0 Å². The number of hydrogen-bond acceptors (Lipinski definition) is 6. The Morgan fingerprint density at radius 3 is 2.75 bits per heavy atom. The highest BCUT2D eigenvalue weighted by Crippen LogP contribution is 2.26. The minimum atomic E-state index is -0.323. The molecule has 0 radical (unpaired) electrons. The number of halogens is 1. The minimum Gasteiger partial charge on any atom is -0.474 e. The Hall–Kier alpha value is -2.80. The molecule has 24 heavy (non-hydrogen) atoms. The molecule has 0 bridgehead atoms. The van der Waals surface area contributed by atoms with Gasteiger partial charge >= 0.3 is 0 Å². The van der Waals surface area contributed by atoms with Crippen LogP contribution in [0.2, 0.25) is 0 Å². The first-order valence-electron chi connectivity index (χ1n) is 7.58. The highest BCUT2D eigenvalue weighted by Gasteiger charge is 2.11. The lowest BCUT2D eigenvalue weighted by atomic mass is 10.1. The average Bonchev–Trinajstić information content (AvgIpc) is 2.58. The summed E-state index contributed by atoms with van der Waals surface area (Å²) in [4.78, 5) is 12.8. The third kappa shape index (κ3) is 3.57. The van der Waals surface area contributed by atoms with Crippen molar-refractivity contribution in [1.82, 2.24) is 15.0 Å². The van der Waals surface area contributed by atoms with Crippen LogP contribution in [0.25, 0.3) is 22.3 Å². The molecule has 0 atom stereocenters. The summed E-state index contributed by atoms with van der Waals surface area (Å²) in [5, 5.41) is 0. The van der Waals surface area contributed by atoms with Crippen LogP contribution < -0.4 is 10.5 Å². The van der Waals surface area contributed by atoms with Gasteiger partial charge in [0.2, 0.25) is 11.8 Å². The molecule has 7 heteroatoms. The van der Waals surface area contributed by atoms with Gasteiger partial charge in [0.25, 0.3) is 0 Å². The fourth-order valence-corrected chi connectivity index (χ4v) is 2.26. The van der Waals surface area contributed by atoms with Gasteiger partial charge in [-0.05, 0) is 31.2 Å². The van der Waals surface area contributed by atoms with E-state index in [2.05, 4.69) is 15.0 Å². The summed E-state index contributed by atoms with van der Waals surface area (Å²) in [5.41, 5.74) is 8.01. The Bertz CT molecular complexity index is 857. The molecule has 0 fully saturated rings. The normalized spacial score (nSPS) is 10.9. The summed E-state index contributed by atoms with van der Waals surface area (Å²) < 4.78 is 24.3. The third-order valence-electron chi connectivity index (χ3n) is 3.32. The lowest BCUT2D eigenvalue weighted by molar-refractivity contribution is 0.109. The number of nitrogens with zero attached hydrogens (tertiary/aromatic N) is 3. The van der Waals surface area contributed by atoms with Gasteiger partial charge in [0.15, 0.2) is 5.52 Å². The maximum atomic E-state index is 13.4. The van der Waals surface area contributed by atoms with Crippen LogP contribution in [0.15, 0.2) is 36.4 Å². The molecule has 3 rings (SSSR count). The quantitative estimate of drug-likeness (QED) is 0.701. The molecule has 124 valence electrons. The second-order valence-corrected chi connectivity index (χ2v) is 5.01. The molecule has 0 spiro atoms. The monoisotopic (exact) mass is 328 g/mol. The summed E-state index contributed by atoms with van der Waals surface area (Å²) in [6, 6.07) is 9.74. The van der Waals surface area contributed by atoms with E-state index in [1.807, 2.05) is 6.92 Å². The standard InChI is InChI=1S/C17H17FN4O2/c1-2-23-8-9-24-16-15-14(21-17(19)22-16)7-6-13(20-15)11-4-3-5-12(18)10-11/h3-7,10H,2,8-9H2,1H3,(H2,19,21,22). The van der Waals surface area contributed by atoms with Crippen molar-refractivity contribution in [2.24, 2.45) is 0 Å². The molecular formula is C17H17FN4O2. The van der Waals surface area contributed by atoms with Crippen LogP contribution in [0, 0.1) is 5.82 Å². The Balaban J connectivity index is 1.99. The van der Waals surface area contributed by atoms with Crippen molar-refractivity contribution >= 4 is 17.0 Å². The maximum absolute atomic E-state index is 13.4. The number of nitrogen functional groups attached to an aromatic ring is 1. The molecule has 2 N–H and O–H groups in total. The summed E-state index contributed by atoms with van der Waals surface area (Å²) in [5.74, 6) is 0.0702. The molecule has 2 aromatic heterocycles. The number of aromatic nitrogens is 3. The van der Waals surface area contributed by atoms with Crippen molar-refractivity contribution in [3.8, 4) is 17.1 Å². The van der Waals surface area contributed by atoms with E-state index >= 15 is 0 Å². The number of ether oxygens (including phenoxy) is 2. The highest BCUT2D eigenvalue weighted by molar-refractivity contribution is 5.83. The Labute approximate surface area is 138 Å². The summed E-state index contributed by atoms with van der Waals surface area (Å²) in [6.07, 6.45) is 0. The van der Waals surface area contributed by atoms with Crippen molar-refractivity contribution in [1.29, 1.82) is 0 Å². The smallest absolute Gasteiger partial charge is 0.245 e. The molecule has 0 aliphatic carbocycles. The minimum absolute atomic E-state index is 0.106. The van der Waals surface area contributed by atoms with Gasteiger partial charge in [-0.1, -0.05) is 12.1 Å². The van der Waals surface area contributed by atoms with Gasteiger partial charge in [-0.2, -0.15) is 4.98 Å². The Morgan fingerprint density at radius 2 is 1.96 bits per heavy atom. The molecule has 2 heterocycles. The number of rotatable bonds is 6. The van der Waals surface area contributed by atoms with E-state index in [4.69, 9.17) is 15.2 Å². The fraction of sp³-hybridized carbons (Fsp3) is 0.235.